The number of carbonyl (C=O) groups excluding carboxylic acids is 1. The highest BCUT2D eigenvalue weighted by molar-refractivity contribution is 5.87. The second-order valence-electron chi connectivity index (χ2n) is 8.29. The average molecular weight is 395 g/mol. The molecule has 5 rings (SSSR count). The Bertz CT molecular complexity index is 799. The van der Waals surface area contributed by atoms with E-state index in [9.17, 15) is 4.79 Å². The number of nitrogens with zero attached hydrogens (tertiary/aromatic N) is 2. The summed E-state index contributed by atoms with van der Waals surface area (Å²) in [6.45, 7) is 7.61. The van der Waals surface area contributed by atoms with E-state index >= 15 is 0 Å². The van der Waals surface area contributed by atoms with Gasteiger partial charge < -0.3 is 9.47 Å². The van der Waals surface area contributed by atoms with Crippen LogP contribution in [0, 0.1) is 5.92 Å². The third kappa shape index (κ3) is 4.91. The van der Waals surface area contributed by atoms with Gasteiger partial charge in [0.15, 0.2) is 0 Å². The van der Waals surface area contributed by atoms with Crippen LogP contribution >= 0.6 is 0 Å². The maximum atomic E-state index is 13.2. The van der Waals surface area contributed by atoms with Crippen molar-refractivity contribution in [1.82, 2.24) is 4.90 Å². The number of rotatable bonds is 6. The molecule has 0 unspecified atom stereocenters. The van der Waals surface area contributed by atoms with E-state index in [-0.39, 0.29) is 18.3 Å². The molecule has 1 amide bonds. The van der Waals surface area contributed by atoms with Crippen LogP contribution < -0.4 is 9.64 Å². The van der Waals surface area contributed by atoms with Gasteiger partial charge in [-0.25, -0.2) is 4.79 Å². The summed E-state index contributed by atoms with van der Waals surface area (Å²) in [4.78, 5) is 17.3. The number of hydrogen-bond acceptors (Lipinski definition) is 4. The Morgan fingerprint density at radius 1 is 1.07 bits per heavy atom. The number of piperidine rings is 3. The SMILES string of the molecule is CC(C)Oc1ccc(CN(C(=O)O[C@H]2CN3CCC2CC3)c2ccccc2)cc1. The Kier molecular flexibility index (Phi) is 6.05. The molecule has 2 aromatic carbocycles. The molecule has 0 N–H and O–H groups in total. The third-order valence-electron chi connectivity index (χ3n) is 5.77. The molecule has 2 aromatic rings. The number of amides is 1. The average Bonchev–Trinajstić information content (AvgIpc) is 2.74. The highest BCUT2D eigenvalue weighted by Gasteiger charge is 2.37. The molecule has 0 aliphatic carbocycles. The van der Waals surface area contributed by atoms with Crippen molar-refractivity contribution in [3.8, 4) is 5.75 Å². The van der Waals surface area contributed by atoms with Gasteiger partial charge >= 0.3 is 6.09 Å². The number of hydrogen-bond donors (Lipinski definition) is 0. The van der Waals surface area contributed by atoms with E-state index in [1.807, 2.05) is 68.4 Å². The summed E-state index contributed by atoms with van der Waals surface area (Å²) in [7, 11) is 0. The summed E-state index contributed by atoms with van der Waals surface area (Å²) in [5.74, 6) is 1.33. The normalized spacial score (nSPS) is 23.1. The fourth-order valence-electron chi connectivity index (χ4n) is 4.23. The first-order chi connectivity index (χ1) is 14.1. The quantitative estimate of drug-likeness (QED) is 0.711. The lowest BCUT2D eigenvalue weighted by molar-refractivity contribution is -0.0311. The smallest absolute Gasteiger partial charge is 0.414 e. The van der Waals surface area contributed by atoms with E-state index in [0.29, 0.717) is 12.5 Å². The Morgan fingerprint density at radius 3 is 2.34 bits per heavy atom. The maximum Gasteiger partial charge on any atom is 0.414 e. The van der Waals surface area contributed by atoms with Gasteiger partial charge in [-0.15, -0.1) is 0 Å². The Hall–Kier alpha value is -2.53. The van der Waals surface area contributed by atoms with E-state index in [2.05, 4.69) is 4.90 Å². The number of carbonyl (C=O) groups is 1. The molecule has 2 bridgehead atoms. The van der Waals surface area contributed by atoms with Crippen molar-refractivity contribution in [3.63, 3.8) is 0 Å². The molecule has 0 radical (unpaired) electrons. The molecule has 3 aliphatic heterocycles. The molecule has 29 heavy (non-hydrogen) atoms. The fourth-order valence-corrected chi connectivity index (χ4v) is 4.23. The summed E-state index contributed by atoms with van der Waals surface area (Å²) in [5, 5.41) is 0. The van der Waals surface area contributed by atoms with Crippen LogP contribution in [0.25, 0.3) is 0 Å². The largest absolute Gasteiger partial charge is 0.491 e. The Morgan fingerprint density at radius 2 is 1.76 bits per heavy atom. The van der Waals surface area contributed by atoms with Crippen LogP contribution in [0.1, 0.15) is 32.3 Å². The zero-order valence-corrected chi connectivity index (χ0v) is 17.3. The van der Waals surface area contributed by atoms with E-state index in [4.69, 9.17) is 9.47 Å². The lowest BCUT2D eigenvalue weighted by Crippen LogP contribution is -2.53. The van der Waals surface area contributed by atoms with Gasteiger partial charge in [0, 0.05) is 12.2 Å². The lowest BCUT2D eigenvalue weighted by Gasteiger charge is -2.44. The second-order valence-corrected chi connectivity index (χ2v) is 8.29. The Labute approximate surface area is 173 Å². The predicted octanol–water partition coefficient (Wildman–Crippen LogP) is 4.71. The summed E-state index contributed by atoms with van der Waals surface area (Å²) < 4.78 is 11.7. The number of fused-ring (bicyclic) bond motifs is 3. The molecule has 0 saturated carbocycles. The molecule has 154 valence electrons. The van der Waals surface area contributed by atoms with Crippen molar-refractivity contribution in [2.24, 2.45) is 5.92 Å². The molecule has 3 fully saturated rings. The first kappa shape index (κ1) is 19.8. The monoisotopic (exact) mass is 394 g/mol. The Balaban J connectivity index is 1.48. The molecule has 0 aromatic heterocycles. The lowest BCUT2D eigenvalue weighted by atomic mass is 9.86. The van der Waals surface area contributed by atoms with Crippen LogP contribution in [0.4, 0.5) is 10.5 Å². The number of para-hydroxylation sites is 1. The zero-order valence-electron chi connectivity index (χ0n) is 17.3. The van der Waals surface area contributed by atoms with Crippen molar-refractivity contribution in [1.29, 1.82) is 0 Å². The third-order valence-corrected chi connectivity index (χ3v) is 5.77. The molecular formula is C24H30N2O3. The first-order valence-electron chi connectivity index (χ1n) is 10.6. The highest BCUT2D eigenvalue weighted by Crippen LogP contribution is 2.30. The van der Waals surface area contributed by atoms with Crippen LogP contribution in [0.5, 0.6) is 5.75 Å². The second kappa shape index (κ2) is 8.87. The van der Waals surface area contributed by atoms with Gasteiger partial charge in [0.25, 0.3) is 0 Å². The van der Waals surface area contributed by atoms with Crippen LogP contribution in [-0.4, -0.2) is 42.8 Å². The molecule has 3 heterocycles. The number of ether oxygens (including phenoxy) is 2. The number of anilines is 1. The summed E-state index contributed by atoms with van der Waals surface area (Å²) in [5.41, 5.74) is 1.89. The van der Waals surface area contributed by atoms with Crippen LogP contribution in [0.3, 0.4) is 0 Å². The van der Waals surface area contributed by atoms with Gasteiger partial charge in [-0.2, -0.15) is 0 Å². The summed E-state index contributed by atoms with van der Waals surface area (Å²) in [6.07, 6.45) is 2.12. The van der Waals surface area contributed by atoms with Crippen molar-refractivity contribution in [3.05, 3.63) is 60.2 Å². The van der Waals surface area contributed by atoms with Crippen molar-refractivity contribution < 1.29 is 14.3 Å². The fraction of sp³-hybridized carbons (Fsp3) is 0.458. The van der Waals surface area contributed by atoms with Crippen LogP contribution in [0.15, 0.2) is 54.6 Å². The predicted molar refractivity (Wildman–Crippen MR) is 114 cm³/mol. The molecule has 1 atom stereocenters. The van der Waals surface area contributed by atoms with Gasteiger partial charge in [0.05, 0.1) is 12.6 Å². The van der Waals surface area contributed by atoms with Crippen molar-refractivity contribution >= 4 is 11.8 Å². The summed E-state index contributed by atoms with van der Waals surface area (Å²) >= 11 is 0. The molecule has 5 nitrogen and oxygen atoms in total. The maximum absolute atomic E-state index is 13.2. The molecule has 0 spiro atoms. The van der Waals surface area contributed by atoms with E-state index in [1.54, 1.807) is 4.90 Å². The van der Waals surface area contributed by atoms with Crippen LogP contribution in [-0.2, 0) is 11.3 Å². The van der Waals surface area contributed by atoms with Gasteiger partial charge in [0.2, 0.25) is 0 Å². The zero-order chi connectivity index (χ0) is 20.2. The van der Waals surface area contributed by atoms with E-state index in [0.717, 1.165) is 49.5 Å². The van der Waals surface area contributed by atoms with Gasteiger partial charge in [-0.1, -0.05) is 30.3 Å². The minimum atomic E-state index is -0.266. The van der Waals surface area contributed by atoms with Crippen molar-refractivity contribution in [2.45, 2.75) is 45.4 Å². The molecule has 3 saturated heterocycles. The van der Waals surface area contributed by atoms with Gasteiger partial charge in [-0.3, -0.25) is 9.80 Å². The van der Waals surface area contributed by atoms with Crippen LogP contribution in [0.2, 0.25) is 0 Å². The topological polar surface area (TPSA) is 42.0 Å². The van der Waals surface area contributed by atoms with E-state index < -0.39 is 0 Å². The molecular weight excluding hydrogens is 364 g/mol. The van der Waals surface area contributed by atoms with Gasteiger partial charge in [0.1, 0.15) is 11.9 Å². The molecule has 5 heteroatoms. The van der Waals surface area contributed by atoms with E-state index in [1.165, 1.54) is 0 Å². The highest BCUT2D eigenvalue weighted by atomic mass is 16.6. The number of benzene rings is 2. The summed E-state index contributed by atoms with van der Waals surface area (Å²) in [6, 6.07) is 17.7. The van der Waals surface area contributed by atoms with Crippen molar-refractivity contribution in [2.75, 3.05) is 24.5 Å². The molecule has 3 aliphatic rings. The first-order valence-corrected chi connectivity index (χ1v) is 10.6. The van der Waals surface area contributed by atoms with Gasteiger partial charge in [-0.05, 0) is 75.5 Å². The minimum absolute atomic E-state index is 0.00182. The standard InChI is InChI=1S/C24H30N2O3/c1-18(2)28-22-10-8-19(9-11-22)16-26(21-6-4-3-5-7-21)24(27)29-23-17-25-14-12-20(23)13-15-25/h3-11,18,20,23H,12-17H2,1-2H3/t23-/m0/s1. The minimum Gasteiger partial charge on any atom is -0.491 e.